The van der Waals surface area contributed by atoms with Crippen LogP contribution in [0.15, 0.2) is 48.5 Å². The standard InChI is InChI=1S/C29H39N3O4/c1-19(2)25(31-28(35)30-17-22-9-7-8-10-23(22)27(34)36-6)26(33)32-16-15-24(29(4,5)18-32)21-13-11-20(3)12-14-21/h7-14,19,24-25H,15-18H2,1-6H3,(H2,30,31,35)/t24?,25-/m1/s1. The number of methoxy groups -OCH3 is 1. The minimum absolute atomic E-state index is 0.0643. The van der Waals surface area contributed by atoms with Crippen LogP contribution in [0.25, 0.3) is 0 Å². The lowest BCUT2D eigenvalue weighted by Crippen LogP contribution is -2.57. The Balaban J connectivity index is 1.64. The number of piperidine rings is 1. The number of carbonyl (C=O) groups is 3. The third-order valence-electron chi connectivity index (χ3n) is 7.10. The normalized spacial score (nSPS) is 17.9. The van der Waals surface area contributed by atoms with Crippen LogP contribution >= 0.6 is 0 Å². The molecule has 7 nitrogen and oxygen atoms in total. The number of aryl methyl sites for hydroxylation is 1. The number of hydrogen-bond acceptors (Lipinski definition) is 4. The van der Waals surface area contributed by atoms with E-state index in [1.54, 1.807) is 24.3 Å². The van der Waals surface area contributed by atoms with E-state index in [9.17, 15) is 14.4 Å². The van der Waals surface area contributed by atoms with E-state index < -0.39 is 18.0 Å². The van der Waals surface area contributed by atoms with Gasteiger partial charge >= 0.3 is 12.0 Å². The van der Waals surface area contributed by atoms with Crippen molar-refractivity contribution in [3.8, 4) is 0 Å². The second-order valence-corrected chi connectivity index (χ2v) is 10.7. The molecule has 0 aromatic heterocycles. The van der Waals surface area contributed by atoms with Crippen molar-refractivity contribution in [1.82, 2.24) is 15.5 Å². The molecule has 1 fully saturated rings. The van der Waals surface area contributed by atoms with Gasteiger partial charge in [-0.25, -0.2) is 9.59 Å². The molecule has 3 rings (SSSR count). The van der Waals surface area contributed by atoms with Gasteiger partial charge in [0.1, 0.15) is 6.04 Å². The largest absolute Gasteiger partial charge is 0.465 e. The first-order valence-corrected chi connectivity index (χ1v) is 12.6. The molecule has 0 bridgehead atoms. The fourth-order valence-electron chi connectivity index (χ4n) is 5.02. The summed E-state index contributed by atoms with van der Waals surface area (Å²) in [6.45, 7) is 11.8. The Morgan fingerprint density at radius 1 is 1.08 bits per heavy atom. The van der Waals surface area contributed by atoms with Crippen molar-refractivity contribution in [3.63, 3.8) is 0 Å². The zero-order valence-electron chi connectivity index (χ0n) is 22.3. The third kappa shape index (κ3) is 6.45. The number of carbonyl (C=O) groups excluding carboxylic acids is 3. The molecule has 7 heteroatoms. The summed E-state index contributed by atoms with van der Waals surface area (Å²) in [6.07, 6.45) is 0.878. The highest BCUT2D eigenvalue weighted by Crippen LogP contribution is 2.42. The maximum atomic E-state index is 13.5. The average molecular weight is 494 g/mol. The molecule has 2 aromatic rings. The van der Waals surface area contributed by atoms with Gasteiger partial charge in [0.25, 0.3) is 0 Å². The van der Waals surface area contributed by atoms with Crippen molar-refractivity contribution in [2.24, 2.45) is 11.3 Å². The first kappa shape index (κ1) is 27.2. The fraction of sp³-hybridized carbons (Fsp3) is 0.483. The van der Waals surface area contributed by atoms with Crippen molar-refractivity contribution in [1.29, 1.82) is 0 Å². The average Bonchev–Trinajstić information content (AvgIpc) is 2.85. The molecule has 0 radical (unpaired) electrons. The lowest BCUT2D eigenvalue weighted by molar-refractivity contribution is -0.137. The van der Waals surface area contributed by atoms with Crippen LogP contribution in [0, 0.1) is 18.3 Å². The highest BCUT2D eigenvalue weighted by atomic mass is 16.5. The summed E-state index contributed by atoms with van der Waals surface area (Å²) in [5.41, 5.74) is 3.50. The molecule has 1 heterocycles. The molecule has 194 valence electrons. The van der Waals surface area contributed by atoms with Crippen molar-refractivity contribution < 1.29 is 19.1 Å². The second-order valence-electron chi connectivity index (χ2n) is 10.7. The Labute approximate surface area is 214 Å². The van der Waals surface area contributed by atoms with Crippen LogP contribution in [0.4, 0.5) is 4.79 Å². The van der Waals surface area contributed by atoms with Crippen LogP contribution in [0.2, 0.25) is 0 Å². The zero-order valence-corrected chi connectivity index (χ0v) is 22.3. The summed E-state index contributed by atoms with van der Waals surface area (Å²) in [5, 5.41) is 5.65. The van der Waals surface area contributed by atoms with Crippen LogP contribution in [0.1, 0.15) is 67.1 Å². The maximum Gasteiger partial charge on any atom is 0.338 e. The molecule has 1 saturated heterocycles. The Morgan fingerprint density at radius 2 is 1.75 bits per heavy atom. The third-order valence-corrected chi connectivity index (χ3v) is 7.10. The maximum absolute atomic E-state index is 13.5. The van der Waals surface area contributed by atoms with Crippen molar-refractivity contribution in [2.75, 3.05) is 20.2 Å². The van der Waals surface area contributed by atoms with Gasteiger partial charge in [-0.2, -0.15) is 0 Å². The number of urea groups is 1. The van der Waals surface area contributed by atoms with Gasteiger partial charge in [0, 0.05) is 19.6 Å². The monoisotopic (exact) mass is 493 g/mol. The Morgan fingerprint density at radius 3 is 2.36 bits per heavy atom. The van der Waals surface area contributed by atoms with Gasteiger partial charge in [0.2, 0.25) is 5.91 Å². The first-order valence-electron chi connectivity index (χ1n) is 12.6. The summed E-state index contributed by atoms with van der Waals surface area (Å²) in [7, 11) is 1.32. The van der Waals surface area contributed by atoms with E-state index in [1.807, 2.05) is 18.7 Å². The number of rotatable bonds is 7. The number of nitrogens with zero attached hydrogens (tertiary/aromatic N) is 1. The van der Waals surface area contributed by atoms with Gasteiger partial charge in [-0.1, -0.05) is 75.7 Å². The van der Waals surface area contributed by atoms with Gasteiger partial charge in [-0.05, 0) is 47.8 Å². The second kappa shape index (κ2) is 11.6. The van der Waals surface area contributed by atoms with Crippen LogP contribution in [-0.2, 0) is 16.1 Å². The summed E-state index contributed by atoms with van der Waals surface area (Å²) in [4.78, 5) is 40.2. The number of esters is 1. The highest BCUT2D eigenvalue weighted by Gasteiger charge is 2.40. The molecular weight excluding hydrogens is 454 g/mol. The van der Waals surface area contributed by atoms with Gasteiger partial charge in [-0.15, -0.1) is 0 Å². The summed E-state index contributed by atoms with van der Waals surface area (Å²) in [5.74, 6) is -0.237. The SMILES string of the molecule is COC(=O)c1ccccc1CNC(=O)N[C@@H](C(=O)N1CCC(c2ccc(C)cc2)C(C)(C)C1)C(C)C. The molecule has 2 N–H and O–H groups in total. The number of likely N-dealkylation sites (tertiary alicyclic amines) is 1. The quantitative estimate of drug-likeness (QED) is 0.550. The fourth-order valence-corrected chi connectivity index (χ4v) is 5.02. The smallest absolute Gasteiger partial charge is 0.338 e. The number of benzene rings is 2. The molecule has 1 aliphatic rings. The van der Waals surface area contributed by atoms with Gasteiger partial charge in [0.05, 0.1) is 12.7 Å². The summed E-state index contributed by atoms with van der Waals surface area (Å²) >= 11 is 0. The van der Waals surface area contributed by atoms with E-state index in [0.29, 0.717) is 30.1 Å². The van der Waals surface area contributed by atoms with E-state index >= 15 is 0 Å². The number of ether oxygens (including phenoxy) is 1. The molecule has 0 spiro atoms. The molecule has 3 amide bonds. The minimum Gasteiger partial charge on any atom is -0.465 e. The van der Waals surface area contributed by atoms with Gasteiger partial charge in [0.15, 0.2) is 0 Å². The minimum atomic E-state index is -0.646. The number of nitrogens with one attached hydrogen (secondary N) is 2. The number of hydrogen-bond donors (Lipinski definition) is 2. The van der Waals surface area contributed by atoms with Crippen molar-refractivity contribution in [3.05, 3.63) is 70.8 Å². The summed E-state index contributed by atoms with van der Waals surface area (Å²) < 4.78 is 4.82. The van der Waals surface area contributed by atoms with Crippen molar-refractivity contribution in [2.45, 2.75) is 59.5 Å². The molecule has 2 atom stereocenters. The van der Waals surface area contributed by atoms with E-state index in [4.69, 9.17) is 4.74 Å². The predicted octanol–water partition coefficient (Wildman–Crippen LogP) is 4.65. The Kier molecular flexibility index (Phi) is 8.77. The molecule has 0 aliphatic carbocycles. The lowest BCUT2D eigenvalue weighted by Gasteiger charge is -2.45. The predicted molar refractivity (Wildman–Crippen MR) is 141 cm³/mol. The zero-order chi connectivity index (χ0) is 26.5. The topological polar surface area (TPSA) is 87.7 Å². The van der Waals surface area contributed by atoms with E-state index in [1.165, 1.54) is 18.2 Å². The van der Waals surface area contributed by atoms with Crippen LogP contribution < -0.4 is 10.6 Å². The Bertz CT molecular complexity index is 1080. The van der Waals surface area contributed by atoms with Gasteiger partial charge < -0.3 is 20.3 Å². The first-order chi connectivity index (χ1) is 17.0. The van der Waals surface area contributed by atoms with E-state index in [0.717, 1.165) is 6.42 Å². The van der Waals surface area contributed by atoms with E-state index in [-0.39, 0.29) is 23.8 Å². The molecule has 0 saturated carbocycles. The molecule has 36 heavy (non-hydrogen) atoms. The molecule has 1 unspecified atom stereocenters. The molecular formula is C29H39N3O4. The van der Waals surface area contributed by atoms with Crippen LogP contribution in [-0.4, -0.2) is 49.0 Å². The van der Waals surface area contributed by atoms with Crippen molar-refractivity contribution >= 4 is 17.9 Å². The van der Waals surface area contributed by atoms with Gasteiger partial charge in [-0.3, -0.25) is 4.79 Å². The lowest BCUT2D eigenvalue weighted by atomic mass is 9.70. The molecule has 1 aliphatic heterocycles. The highest BCUT2D eigenvalue weighted by molar-refractivity contribution is 5.91. The number of amides is 3. The Hall–Kier alpha value is -3.35. The molecule has 2 aromatic carbocycles. The van der Waals surface area contributed by atoms with Crippen LogP contribution in [0.5, 0.6) is 0 Å². The van der Waals surface area contributed by atoms with E-state index in [2.05, 4.69) is 55.7 Å². The summed E-state index contributed by atoms with van der Waals surface area (Å²) in [6, 6.07) is 14.5. The van der Waals surface area contributed by atoms with Crippen LogP contribution in [0.3, 0.4) is 0 Å².